The Bertz CT molecular complexity index is 1220. The lowest BCUT2D eigenvalue weighted by Crippen LogP contribution is -2.46. The third-order valence-corrected chi connectivity index (χ3v) is 6.11. The lowest BCUT2D eigenvalue weighted by molar-refractivity contribution is 0.284. The summed E-state index contributed by atoms with van der Waals surface area (Å²) in [4.78, 5) is 12.8. The van der Waals surface area contributed by atoms with Crippen molar-refractivity contribution >= 4 is 43.0 Å². The van der Waals surface area contributed by atoms with Crippen LogP contribution < -0.4 is 21.2 Å². The van der Waals surface area contributed by atoms with Crippen LogP contribution >= 0.6 is 12.4 Å². The molecule has 0 unspecified atom stereocenters. The van der Waals surface area contributed by atoms with Gasteiger partial charge in [-0.25, -0.2) is 13.5 Å². The number of hydrogen-bond acceptors (Lipinski definition) is 9. The van der Waals surface area contributed by atoms with Gasteiger partial charge in [0.05, 0.1) is 11.9 Å². The molecule has 5 N–H and O–H groups in total. The summed E-state index contributed by atoms with van der Waals surface area (Å²) in [6.45, 7) is 8.49. The molecule has 0 aliphatic carbocycles. The van der Waals surface area contributed by atoms with Crippen molar-refractivity contribution in [2.75, 3.05) is 61.8 Å². The highest BCUT2D eigenvalue weighted by atomic mass is 35.5. The first-order chi connectivity index (χ1) is 17.8. The van der Waals surface area contributed by atoms with Gasteiger partial charge in [-0.05, 0) is 25.9 Å². The van der Waals surface area contributed by atoms with E-state index in [1.54, 1.807) is 23.8 Å². The molecule has 3 aromatic rings. The van der Waals surface area contributed by atoms with Crippen molar-refractivity contribution in [3.8, 4) is 5.82 Å². The monoisotopic (exact) mass is 547 g/mol. The molecule has 10 nitrogen and oxygen atoms in total. The van der Waals surface area contributed by atoms with Gasteiger partial charge in [0.25, 0.3) is 0 Å². The van der Waals surface area contributed by atoms with Gasteiger partial charge in [-0.15, -0.1) is 12.4 Å². The van der Waals surface area contributed by atoms with E-state index in [4.69, 9.17) is 5.73 Å². The van der Waals surface area contributed by atoms with Gasteiger partial charge in [-0.3, -0.25) is 4.90 Å². The average molecular weight is 548 g/mol. The molecular formula is C24H33BClF2N9O. The standard InChI is InChI=1S/C24H32BF2N9O.ClH/c1-17-18(4-3-7-34-8-10-35(11-9-34)21-13-19(26)12-20(27)14-21)16-31-36(17)23-15-22(32-24(28)33-23)29-5-6-30-25(2)37;/h3-4,12-16,30,37H,5-11H2,1-2H3,(H3,28,29,32,33);1H/b4-3+;. The maximum atomic E-state index is 13.5. The number of piperazine rings is 1. The van der Waals surface area contributed by atoms with Crippen LogP contribution in [0.1, 0.15) is 11.3 Å². The van der Waals surface area contributed by atoms with Crippen LogP contribution in [0, 0.1) is 18.6 Å². The Morgan fingerprint density at radius 1 is 1.08 bits per heavy atom. The second-order valence-corrected chi connectivity index (χ2v) is 8.94. The summed E-state index contributed by atoms with van der Waals surface area (Å²) < 4.78 is 28.8. The summed E-state index contributed by atoms with van der Waals surface area (Å²) in [6.07, 6.45) is 5.89. The topological polar surface area (TPSA) is 120 Å². The van der Waals surface area contributed by atoms with E-state index >= 15 is 0 Å². The molecule has 204 valence electrons. The fourth-order valence-corrected chi connectivity index (χ4v) is 4.18. The van der Waals surface area contributed by atoms with Gasteiger partial charge >= 0.3 is 7.05 Å². The maximum absolute atomic E-state index is 13.5. The third kappa shape index (κ3) is 7.87. The third-order valence-electron chi connectivity index (χ3n) is 6.11. The van der Waals surface area contributed by atoms with Gasteiger partial charge in [0.1, 0.15) is 17.5 Å². The van der Waals surface area contributed by atoms with Crippen molar-refractivity contribution in [2.45, 2.75) is 13.7 Å². The zero-order chi connectivity index (χ0) is 26.4. The van der Waals surface area contributed by atoms with Gasteiger partial charge in [-0.1, -0.05) is 12.2 Å². The highest BCUT2D eigenvalue weighted by Crippen LogP contribution is 2.20. The van der Waals surface area contributed by atoms with E-state index in [1.165, 1.54) is 12.1 Å². The molecule has 1 aliphatic rings. The number of nitrogens with two attached hydrogens (primary N) is 1. The first kappa shape index (κ1) is 29.3. The minimum absolute atomic E-state index is 0. The number of nitrogens with one attached hydrogen (secondary N) is 2. The van der Waals surface area contributed by atoms with E-state index in [0.717, 1.165) is 37.0 Å². The fraction of sp³-hybridized carbons (Fsp3) is 0.375. The smallest absolute Gasteiger partial charge is 0.373 e. The molecule has 3 heterocycles. The molecule has 4 rings (SSSR count). The van der Waals surface area contributed by atoms with Crippen LogP contribution in [-0.4, -0.2) is 82.5 Å². The number of anilines is 3. The lowest BCUT2D eigenvalue weighted by Gasteiger charge is -2.35. The molecule has 2 aromatic heterocycles. The van der Waals surface area contributed by atoms with Crippen molar-refractivity contribution in [2.24, 2.45) is 0 Å². The molecule has 1 fully saturated rings. The van der Waals surface area contributed by atoms with Crippen LogP contribution in [0.4, 0.5) is 26.2 Å². The zero-order valence-electron chi connectivity index (χ0n) is 21.4. The van der Waals surface area contributed by atoms with Crippen LogP contribution in [0.2, 0.25) is 6.82 Å². The molecule has 14 heteroatoms. The molecule has 1 aromatic carbocycles. The fourth-order valence-electron chi connectivity index (χ4n) is 4.18. The summed E-state index contributed by atoms with van der Waals surface area (Å²) in [5.41, 5.74) is 8.36. The van der Waals surface area contributed by atoms with Gasteiger partial charge in [0, 0.05) is 69.2 Å². The first-order valence-corrected chi connectivity index (χ1v) is 12.2. The predicted octanol–water partition coefficient (Wildman–Crippen LogP) is 2.20. The molecule has 38 heavy (non-hydrogen) atoms. The normalized spacial score (nSPS) is 14.1. The van der Waals surface area contributed by atoms with E-state index < -0.39 is 18.7 Å². The van der Waals surface area contributed by atoms with E-state index in [1.807, 2.05) is 17.9 Å². The molecule has 0 spiro atoms. The molecule has 1 saturated heterocycles. The van der Waals surface area contributed by atoms with E-state index in [2.05, 4.69) is 36.6 Å². The van der Waals surface area contributed by atoms with Gasteiger partial charge < -0.3 is 26.2 Å². The van der Waals surface area contributed by atoms with E-state index in [-0.39, 0.29) is 18.4 Å². The number of nitrogen functional groups attached to an aromatic ring is 1. The van der Waals surface area contributed by atoms with Crippen LogP contribution in [0.5, 0.6) is 0 Å². The Balaban J connectivity index is 0.00000400. The van der Waals surface area contributed by atoms with Crippen molar-refractivity contribution in [1.29, 1.82) is 0 Å². The minimum Gasteiger partial charge on any atom is -0.437 e. The lowest BCUT2D eigenvalue weighted by atomic mass is 9.89. The molecule has 0 saturated carbocycles. The SMILES string of the molecule is CB(O)NCCNc1cc(-n2ncc(/C=C/CN3CCN(c4cc(F)cc(F)c4)CC3)c2C)nc(N)n1.Cl. The summed E-state index contributed by atoms with van der Waals surface area (Å²) in [5, 5.41) is 19.8. The average Bonchev–Trinajstić information content (AvgIpc) is 3.21. The number of benzene rings is 1. The maximum Gasteiger partial charge on any atom is 0.373 e. The molecule has 0 atom stereocenters. The number of rotatable bonds is 10. The largest absolute Gasteiger partial charge is 0.437 e. The molecule has 1 aliphatic heterocycles. The van der Waals surface area contributed by atoms with Crippen LogP contribution in [0.25, 0.3) is 11.9 Å². The summed E-state index contributed by atoms with van der Waals surface area (Å²) >= 11 is 0. The summed E-state index contributed by atoms with van der Waals surface area (Å²) in [7, 11) is -0.582. The van der Waals surface area contributed by atoms with E-state index in [9.17, 15) is 13.8 Å². The second kappa shape index (κ2) is 13.5. The number of nitrogens with zero attached hydrogens (tertiary/aromatic N) is 6. The Morgan fingerprint density at radius 3 is 2.47 bits per heavy atom. The van der Waals surface area contributed by atoms with Gasteiger partial charge in [-0.2, -0.15) is 15.1 Å². The molecule has 0 radical (unpaired) electrons. The Labute approximate surface area is 227 Å². The number of aromatic nitrogens is 4. The van der Waals surface area contributed by atoms with Crippen LogP contribution in [-0.2, 0) is 0 Å². The predicted molar refractivity (Wildman–Crippen MR) is 150 cm³/mol. The van der Waals surface area contributed by atoms with Crippen LogP contribution in [0.15, 0.2) is 36.5 Å². The van der Waals surface area contributed by atoms with Crippen molar-refractivity contribution in [1.82, 2.24) is 29.9 Å². The second-order valence-electron chi connectivity index (χ2n) is 8.94. The van der Waals surface area contributed by atoms with Gasteiger partial charge in [0.2, 0.25) is 5.95 Å². The minimum atomic E-state index is -0.582. The van der Waals surface area contributed by atoms with Crippen molar-refractivity contribution < 1.29 is 13.8 Å². The Kier molecular flexibility index (Phi) is 10.4. The van der Waals surface area contributed by atoms with Crippen molar-refractivity contribution in [3.05, 3.63) is 59.4 Å². The van der Waals surface area contributed by atoms with Crippen LogP contribution in [0.3, 0.4) is 0 Å². The highest BCUT2D eigenvalue weighted by molar-refractivity contribution is 6.45. The molecule has 0 amide bonds. The highest BCUT2D eigenvalue weighted by Gasteiger charge is 2.17. The number of halogens is 3. The Morgan fingerprint density at radius 2 is 1.79 bits per heavy atom. The van der Waals surface area contributed by atoms with E-state index in [0.29, 0.717) is 43.5 Å². The molecular weight excluding hydrogens is 515 g/mol. The summed E-state index contributed by atoms with van der Waals surface area (Å²) in [5.74, 6) is 0.148. The zero-order valence-corrected chi connectivity index (χ0v) is 22.3. The first-order valence-electron chi connectivity index (χ1n) is 12.2. The Hall–Kier alpha value is -3.26. The number of hydrogen-bond donors (Lipinski definition) is 4. The quantitative estimate of drug-likeness (QED) is 0.224. The van der Waals surface area contributed by atoms with Gasteiger partial charge in [0.15, 0.2) is 5.82 Å². The molecule has 0 bridgehead atoms. The summed E-state index contributed by atoms with van der Waals surface area (Å²) in [6, 6.07) is 5.41. The van der Waals surface area contributed by atoms with Crippen molar-refractivity contribution in [3.63, 3.8) is 0 Å².